The van der Waals surface area contributed by atoms with Crippen molar-refractivity contribution in [3.05, 3.63) is 28.8 Å². The van der Waals surface area contributed by atoms with Crippen LogP contribution in [0.15, 0.2) is 27.8 Å². The quantitative estimate of drug-likeness (QED) is 0.637. The summed E-state index contributed by atoms with van der Waals surface area (Å²) in [5.41, 5.74) is 6.04. The summed E-state index contributed by atoms with van der Waals surface area (Å²) < 4.78 is 32.7. The number of methoxy groups -OCH3 is 1. The molecule has 8 nitrogen and oxygen atoms in total. The van der Waals surface area contributed by atoms with Crippen molar-refractivity contribution in [1.29, 1.82) is 0 Å². The van der Waals surface area contributed by atoms with Gasteiger partial charge in [-0.15, -0.1) is 0 Å². The Morgan fingerprint density at radius 1 is 1.48 bits per heavy atom. The Labute approximate surface area is 130 Å². The van der Waals surface area contributed by atoms with E-state index in [2.05, 4.69) is 35.8 Å². The van der Waals surface area contributed by atoms with Crippen LogP contribution in [0.3, 0.4) is 0 Å². The highest BCUT2D eigenvalue weighted by atomic mass is 79.9. The molecule has 0 saturated carbocycles. The average Bonchev–Trinajstić information content (AvgIpc) is 2.94. The van der Waals surface area contributed by atoms with E-state index in [9.17, 15) is 8.42 Å². The zero-order chi connectivity index (χ0) is 15.5. The largest absolute Gasteiger partial charge is 0.495 e. The molecule has 0 radical (unpaired) electrons. The van der Waals surface area contributed by atoms with Gasteiger partial charge in [-0.1, -0.05) is 0 Å². The van der Waals surface area contributed by atoms with Gasteiger partial charge in [-0.05, 0) is 28.1 Å². The molecular formula is C11H14BrN5O3S. The molecule has 0 unspecified atom stereocenters. The van der Waals surface area contributed by atoms with Gasteiger partial charge in [0.05, 0.1) is 7.11 Å². The first-order chi connectivity index (χ1) is 9.94. The summed E-state index contributed by atoms with van der Waals surface area (Å²) in [6.45, 7) is 0.177. The van der Waals surface area contributed by atoms with Gasteiger partial charge in [0, 0.05) is 23.1 Å². The number of rotatable bonds is 6. The number of ether oxygens (including phenoxy) is 1. The van der Waals surface area contributed by atoms with Crippen molar-refractivity contribution in [2.24, 2.45) is 0 Å². The van der Waals surface area contributed by atoms with Crippen LogP contribution < -0.4 is 15.2 Å². The zero-order valence-corrected chi connectivity index (χ0v) is 13.5. The fraction of sp³-hybridized carbons (Fsp3) is 0.273. The van der Waals surface area contributed by atoms with Crippen molar-refractivity contribution in [2.45, 2.75) is 11.3 Å². The molecule has 2 aromatic rings. The van der Waals surface area contributed by atoms with Gasteiger partial charge in [0.2, 0.25) is 10.0 Å². The molecule has 0 saturated heterocycles. The van der Waals surface area contributed by atoms with Crippen LogP contribution >= 0.6 is 15.9 Å². The first kappa shape index (κ1) is 15.7. The SMILES string of the molecule is COc1cc(Br)c(N)cc1S(=O)(=O)NCCc1ncn[nH]1. The number of hydrogen-bond acceptors (Lipinski definition) is 6. The number of anilines is 1. The summed E-state index contributed by atoms with van der Waals surface area (Å²) in [7, 11) is -2.34. The minimum atomic E-state index is -3.73. The number of nitrogen functional groups attached to an aromatic ring is 1. The van der Waals surface area contributed by atoms with Crippen LogP contribution in [0.25, 0.3) is 0 Å². The number of nitrogens with zero attached hydrogens (tertiary/aromatic N) is 2. The van der Waals surface area contributed by atoms with Gasteiger partial charge >= 0.3 is 0 Å². The highest BCUT2D eigenvalue weighted by molar-refractivity contribution is 9.10. The summed E-state index contributed by atoms with van der Waals surface area (Å²) in [5, 5.41) is 6.34. The molecule has 21 heavy (non-hydrogen) atoms. The molecule has 114 valence electrons. The average molecular weight is 376 g/mol. The lowest BCUT2D eigenvalue weighted by Gasteiger charge is -2.12. The Morgan fingerprint density at radius 2 is 2.24 bits per heavy atom. The molecule has 4 N–H and O–H groups in total. The molecule has 1 aromatic carbocycles. The maximum absolute atomic E-state index is 12.3. The minimum absolute atomic E-state index is 0.0109. The molecular weight excluding hydrogens is 362 g/mol. The Bertz CT molecular complexity index is 718. The molecule has 0 atom stereocenters. The number of halogens is 1. The van der Waals surface area contributed by atoms with Gasteiger partial charge in [0.25, 0.3) is 0 Å². The van der Waals surface area contributed by atoms with Gasteiger partial charge in [0.15, 0.2) is 0 Å². The number of hydrogen-bond donors (Lipinski definition) is 3. The lowest BCUT2D eigenvalue weighted by Crippen LogP contribution is -2.26. The van der Waals surface area contributed by atoms with E-state index < -0.39 is 10.0 Å². The van der Waals surface area contributed by atoms with E-state index in [0.717, 1.165) is 0 Å². The van der Waals surface area contributed by atoms with Crippen molar-refractivity contribution in [3.63, 3.8) is 0 Å². The lowest BCUT2D eigenvalue weighted by molar-refractivity contribution is 0.402. The van der Waals surface area contributed by atoms with Crippen LogP contribution in [0.1, 0.15) is 5.82 Å². The second-order valence-corrected chi connectivity index (χ2v) is 6.69. The van der Waals surface area contributed by atoms with Crippen molar-refractivity contribution < 1.29 is 13.2 Å². The van der Waals surface area contributed by atoms with Gasteiger partial charge in [-0.25, -0.2) is 18.1 Å². The summed E-state index contributed by atoms with van der Waals surface area (Å²) in [5.74, 6) is 0.809. The highest BCUT2D eigenvalue weighted by Gasteiger charge is 2.20. The van der Waals surface area contributed by atoms with Gasteiger partial charge in [-0.2, -0.15) is 5.10 Å². The third-order valence-electron chi connectivity index (χ3n) is 2.69. The van der Waals surface area contributed by atoms with E-state index in [4.69, 9.17) is 10.5 Å². The number of aromatic nitrogens is 3. The van der Waals surface area contributed by atoms with Crippen LogP contribution in [0.4, 0.5) is 5.69 Å². The Morgan fingerprint density at radius 3 is 2.86 bits per heavy atom. The van der Waals surface area contributed by atoms with Gasteiger partial charge in [-0.3, -0.25) is 5.10 Å². The first-order valence-electron chi connectivity index (χ1n) is 5.91. The number of benzene rings is 1. The van der Waals surface area contributed by atoms with Crippen molar-refractivity contribution in [2.75, 3.05) is 19.4 Å². The number of sulfonamides is 1. The molecule has 0 bridgehead atoms. The smallest absolute Gasteiger partial charge is 0.244 e. The zero-order valence-electron chi connectivity index (χ0n) is 11.1. The van der Waals surface area contributed by atoms with Crippen LogP contribution in [0.2, 0.25) is 0 Å². The summed E-state index contributed by atoms with van der Waals surface area (Å²) in [6, 6.07) is 2.86. The van der Waals surface area contributed by atoms with Crippen LogP contribution in [-0.2, 0) is 16.4 Å². The van der Waals surface area contributed by atoms with E-state index in [1.807, 2.05) is 0 Å². The third kappa shape index (κ3) is 3.71. The molecule has 0 amide bonds. The summed E-state index contributed by atoms with van der Waals surface area (Å²) >= 11 is 3.23. The molecule has 2 rings (SSSR count). The third-order valence-corrected chi connectivity index (χ3v) is 4.86. The first-order valence-corrected chi connectivity index (χ1v) is 8.18. The number of nitrogens with two attached hydrogens (primary N) is 1. The maximum atomic E-state index is 12.3. The van der Waals surface area contributed by atoms with Crippen LogP contribution in [-0.4, -0.2) is 37.3 Å². The number of aromatic amines is 1. The summed E-state index contributed by atoms with van der Waals surface area (Å²) in [4.78, 5) is 3.90. The molecule has 1 aromatic heterocycles. The number of H-pyrrole nitrogens is 1. The predicted molar refractivity (Wildman–Crippen MR) is 80.4 cm³/mol. The second kappa shape index (κ2) is 6.41. The van der Waals surface area contributed by atoms with E-state index >= 15 is 0 Å². The number of nitrogens with one attached hydrogen (secondary N) is 2. The van der Waals surface area contributed by atoms with Gasteiger partial charge in [0.1, 0.15) is 22.8 Å². The van der Waals surface area contributed by atoms with E-state index in [1.165, 1.54) is 25.6 Å². The fourth-order valence-corrected chi connectivity index (χ4v) is 3.19. The molecule has 0 spiro atoms. The Kier molecular flexibility index (Phi) is 4.80. The molecule has 1 heterocycles. The molecule has 0 fully saturated rings. The topological polar surface area (TPSA) is 123 Å². The van der Waals surface area contributed by atoms with E-state index in [0.29, 0.717) is 22.4 Å². The fourth-order valence-electron chi connectivity index (χ4n) is 1.65. The van der Waals surface area contributed by atoms with Crippen molar-refractivity contribution in [3.8, 4) is 5.75 Å². The second-order valence-electron chi connectivity index (χ2n) is 4.10. The summed E-state index contributed by atoms with van der Waals surface area (Å²) in [6.07, 6.45) is 1.76. The molecule has 0 aliphatic rings. The van der Waals surface area contributed by atoms with Crippen LogP contribution in [0, 0.1) is 0 Å². The standard InChI is InChI=1S/C11H14BrN5O3S/c1-20-9-4-7(12)8(13)5-10(9)21(18,19)16-3-2-11-14-6-15-17-11/h4-6,16H,2-3,13H2,1H3,(H,14,15,17). The maximum Gasteiger partial charge on any atom is 0.244 e. The Hall–Kier alpha value is -1.65. The van der Waals surface area contributed by atoms with Crippen molar-refractivity contribution in [1.82, 2.24) is 19.9 Å². The predicted octanol–water partition coefficient (Wildman–Crippen LogP) is 0.679. The molecule has 0 aliphatic heterocycles. The van der Waals surface area contributed by atoms with E-state index in [1.54, 1.807) is 0 Å². The van der Waals surface area contributed by atoms with Crippen molar-refractivity contribution >= 4 is 31.6 Å². The Balaban J connectivity index is 2.17. The molecule has 10 heteroatoms. The van der Waals surface area contributed by atoms with Crippen LogP contribution in [0.5, 0.6) is 5.75 Å². The monoisotopic (exact) mass is 375 g/mol. The lowest BCUT2D eigenvalue weighted by atomic mass is 10.3. The normalized spacial score (nSPS) is 11.5. The van der Waals surface area contributed by atoms with Gasteiger partial charge < -0.3 is 10.5 Å². The minimum Gasteiger partial charge on any atom is -0.495 e. The van der Waals surface area contributed by atoms with E-state index in [-0.39, 0.29) is 17.2 Å². The molecule has 0 aliphatic carbocycles. The highest BCUT2D eigenvalue weighted by Crippen LogP contribution is 2.32.